The van der Waals surface area contributed by atoms with Crippen LogP contribution in [0.25, 0.3) is 16.8 Å². The minimum Gasteiger partial charge on any atom is -0.353 e. The maximum Gasteiger partial charge on any atom is 0.154 e. The van der Waals surface area contributed by atoms with Crippen molar-refractivity contribution in [1.82, 2.24) is 14.6 Å². The third-order valence-corrected chi connectivity index (χ3v) is 4.77. The molecular weight excluding hydrogens is 298 g/mol. The van der Waals surface area contributed by atoms with Crippen molar-refractivity contribution in [2.24, 2.45) is 5.73 Å². The first-order chi connectivity index (χ1) is 11.6. The van der Waals surface area contributed by atoms with Crippen molar-refractivity contribution in [2.45, 2.75) is 32.2 Å². The van der Waals surface area contributed by atoms with Crippen molar-refractivity contribution >= 4 is 11.3 Å². The van der Waals surface area contributed by atoms with Gasteiger partial charge in [0.25, 0.3) is 0 Å². The summed E-state index contributed by atoms with van der Waals surface area (Å²) in [4.78, 5) is 6.83. The zero-order chi connectivity index (χ0) is 16.7. The molecular formula is C19H23N5. The number of aromatic nitrogens is 3. The van der Waals surface area contributed by atoms with Crippen LogP contribution in [0.5, 0.6) is 0 Å². The Labute approximate surface area is 142 Å². The summed E-state index contributed by atoms with van der Waals surface area (Å²) in [6.07, 6.45) is 4.73. The van der Waals surface area contributed by atoms with Crippen molar-refractivity contribution in [1.29, 1.82) is 0 Å². The van der Waals surface area contributed by atoms with E-state index in [1.807, 2.05) is 16.9 Å². The molecule has 2 aromatic heterocycles. The summed E-state index contributed by atoms with van der Waals surface area (Å²) >= 11 is 0. The third kappa shape index (κ3) is 2.65. The summed E-state index contributed by atoms with van der Waals surface area (Å²) in [7, 11) is 0. The highest BCUT2D eigenvalue weighted by atomic mass is 15.3. The number of rotatable bonds is 3. The highest BCUT2D eigenvalue weighted by Gasteiger charge is 2.22. The van der Waals surface area contributed by atoms with Gasteiger partial charge in [-0.25, -0.2) is 9.50 Å². The number of nitrogens with two attached hydrogens (primary N) is 1. The molecule has 1 fully saturated rings. The summed E-state index contributed by atoms with van der Waals surface area (Å²) in [6, 6.07) is 11.0. The first-order valence-electron chi connectivity index (χ1n) is 8.57. The lowest BCUT2D eigenvalue weighted by atomic mass is 10.0. The lowest BCUT2D eigenvalue weighted by Gasteiger charge is -2.17. The summed E-state index contributed by atoms with van der Waals surface area (Å²) in [5.74, 6) is 1.51. The van der Waals surface area contributed by atoms with E-state index in [9.17, 15) is 0 Å². The molecule has 2 N–H and O–H groups in total. The van der Waals surface area contributed by atoms with E-state index in [1.54, 1.807) is 0 Å². The van der Waals surface area contributed by atoms with E-state index in [1.165, 1.54) is 5.56 Å². The summed E-state index contributed by atoms with van der Waals surface area (Å²) < 4.78 is 1.91. The van der Waals surface area contributed by atoms with Crippen LogP contribution in [-0.2, 0) is 0 Å². The number of hydrogen-bond acceptors (Lipinski definition) is 4. The molecule has 3 aromatic rings. The normalized spacial score (nSPS) is 18.0. The van der Waals surface area contributed by atoms with Crippen molar-refractivity contribution in [2.75, 3.05) is 18.0 Å². The molecule has 1 unspecified atom stereocenters. The van der Waals surface area contributed by atoms with Crippen LogP contribution in [0.15, 0.2) is 42.7 Å². The van der Waals surface area contributed by atoms with Crippen LogP contribution >= 0.6 is 0 Å². The zero-order valence-corrected chi connectivity index (χ0v) is 14.2. The summed E-state index contributed by atoms with van der Waals surface area (Å²) in [5.41, 5.74) is 10.5. The highest BCUT2D eigenvalue weighted by Crippen LogP contribution is 2.27. The lowest BCUT2D eigenvalue weighted by Crippen LogP contribution is -2.27. The number of benzene rings is 1. The Balaban J connectivity index is 1.73. The quantitative estimate of drug-likeness (QED) is 0.805. The monoisotopic (exact) mass is 321 g/mol. The van der Waals surface area contributed by atoms with Gasteiger partial charge in [0, 0.05) is 37.1 Å². The number of hydrogen-bond donors (Lipinski definition) is 1. The third-order valence-electron chi connectivity index (χ3n) is 4.77. The molecule has 1 atom stereocenters. The molecule has 0 spiro atoms. The highest BCUT2D eigenvalue weighted by molar-refractivity contribution is 5.75. The van der Waals surface area contributed by atoms with Crippen LogP contribution < -0.4 is 10.6 Å². The smallest absolute Gasteiger partial charge is 0.154 e. The molecule has 4 rings (SSSR count). The van der Waals surface area contributed by atoms with Gasteiger partial charge in [-0.05, 0) is 24.0 Å². The molecule has 0 aliphatic carbocycles. The van der Waals surface area contributed by atoms with Gasteiger partial charge in [-0.1, -0.05) is 38.1 Å². The Hall–Kier alpha value is -2.40. The van der Waals surface area contributed by atoms with E-state index >= 15 is 0 Å². The van der Waals surface area contributed by atoms with Crippen molar-refractivity contribution in [3.63, 3.8) is 0 Å². The molecule has 1 aliphatic heterocycles. The molecule has 124 valence electrons. The second-order valence-corrected chi connectivity index (χ2v) is 6.88. The predicted molar refractivity (Wildman–Crippen MR) is 97.3 cm³/mol. The van der Waals surface area contributed by atoms with Crippen LogP contribution in [0.2, 0.25) is 0 Å². The molecule has 1 saturated heterocycles. The molecule has 0 radical (unpaired) electrons. The molecule has 24 heavy (non-hydrogen) atoms. The molecule has 1 aromatic carbocycles. The van der Waals surface area contributed by atoms with Gasteiger partial charge in [0.1, 0.15) is 5.52 Å². The van der Waals surface area contributed by atoms with Crippen LogP contribution in [0.3, 0.4) is 0 Å². The Morgan fingerprint density at radius 1 is 1.21 bits per heavy atom. The zero-order valence-electron chi connectivity index (χ0n) is 14.2. The number of nitrogens with zero attached hydrogens (tertiary/aromatic N) is 4. The van der Waals surface area contributed by atoms with Crippen LogP contribution in [-0.4, -0.2) is 33.7 Å². The minimum absolute atomic E-state index is 0.234. The van der Waals surface area contributed by atoms with Gasteiger partial charge in [0.05, 0.1) is 5.69 Å². The van der Waals surface area contributed by atoms with Crippen LogP contribution in [0, 0.1) is 0 Å². The minimum atomic E-state index is 0.234. The molecule has 3 heterocycles. The fourth-order valence-electron chi connectivity index (χ4n) is 3.31. The van der Waals surface area contributed by atoms with E-state index < -0.39 is 0 Å². The molecule has 5 nitrogen and oxygen atoms in total. The molecule has 0 bridgehead atoms. The largest absolute Gasteiger partial charge is 0.353 e. The summed E-state index contributed by atoms with van der Waals surface area (Å²) in [5, 5.41) is 4.73. The van der Waals surface area contributed by atoms with Gasteiger partial charge >= 0.3 is 0 Å². The van der Waals surface area contributed by atoms with E-state index in [0.29, 0.717) is 5.92 Å². The second kappa shape index (κ2) is 5.91. The molecule has 5 heteroatoms. The SMILES string of the molecule is CC(C)c1ccc(-c2cc3c(N4CCC(N)C4)nccn3n2)cc1. The van der Waals surface area contributed by atoms with Gasteiger partial charge in [-0.15, -0.1) is 0 Å². The molecule has 0 saturated carbocycles. The maximum atomic E-state index is 6.05. The Morgan fingerprint density at radius 2 is 2.00 bits per heavy atom. The second-order valence-electron chi connectivity index (χ2n) is 6.88. The van der Waals surface area contributed by atoms with Gasteiger partial charge in [0.2, 0.25) is 0 Å². The van der Waals surface area contributed by atoms with Crippen molar-refractivity contribution in [3.05, 3.63) is 48.3 Å². The maximum absolute atomic E-state index is 6.05. The van der Waals surface area contributed by atoms with E-state index in [0.717, 1.165) is 42.1 Å². The number of fused-ring (bicyclic) bond motifs is 1. The van der Waals surface area contributed by atoms with Gasteiger partial charge in [-0.2, -0.15) is 5.10 Å². The van der Waals surface area contributed by atoms with Gasteiger partial charge in [0.15, 0.2) is 5.82 Å². The Bertz CT molecular complexity index is 850. The molecule has 1 aliphatic rings. The van der Waals surface area contributed by atoms with Crippen molar-refractivity contribution < 1.29 is 0 Å². The Kier molecular flexibility index (Phi) is 3.73. The van der Waals surface area contributed by atoms with Gasteiger partial charge < -0.3 is 10.6 Å². The van der Waals surface area contributed by atoms with E-state index in [2.05, 4.69) is 54.1 Å². The number of anilines is 1. The fraction of sp³-hybridized carbons (Fsp3) is 0.368. The lowest BCUT2D eigenvalue weighted by molar-refractivity contribution is 0.751. The fourth-order valence-corrected chi connectivity index (χ4v) is 3.31. The van der Waals surface area contributed by atoms with E-state index in [-0.39, 0.29) is 6.04 Å². The van der Waals surface area contributed by atoms with Crippen molar-refractivity contribution in [3.8, 4) is 11.3 Å². The summed E-state index contributed by atoms with van der Waals surface area (Å²) in [6.45, 7) is 6.23. The van der Waals surface area contributed by atoms with Crippen LogP contribution in [0.4, 0.5) is 5.82 Å². The standard InChI is InChI=1S/C19H23N5/c1-13(2)14-3-5-15(6-4-14)17-11-18-19(21-8-10-24(18)22-17)23-9-7-16(20)12-23/h3-6,8,10-11,13,16H,7,9,12,20H2,1-2H3. The van der Waals surface area contributed by atoms with E-state index in [4.69, 9.17) is 10.8 Å². The van der Waals surface area contributed by atoms with Gasteiger partial charge in [-0.3, -0.25) is 0 Å². The molecule has 0 amide bonds. The first kappa shape index (κ1) is 15.1. The predicted octanol–water partition coefficient (Wildman–Crippen LogP) is 3.06. The first-order valence-corrected chi connectivity index (χ1v) is 8.57. The topological polar surface area (TPSA) is 59.5 Å². The average Bonchev–Trinajstić information content (AvgIpc) is 3.20. The van der Waals surface area contributed by atoms with Crippen LogP contribution in [0.1, 0.15) is 31.7 Å². The average molecular weight is 321 g/mol. The Morgan fingerprint density at radius 3 is 2.67 bits per heavy atom.